The highest BCUT2D eigenvalue weighted by atomic mass is 32.3. The summed E-state index contributed by atoms with van der Waals surface area (Å²) < 4.78 is 105. The number of benzene rings is 1. The van der Waals surface area contributed by atoms with E-state index in [2.05, 4.69) is 4.74 Å². The van der Waals surface area contributed by atoms with Gasteiger partial charge in [0.15, 0.2) is 5.12 Å². The van der Waals surface area contributed by atoms with Crippen LogP contribution < -0.4 is 0 Å². The van der Waals surface area contributed by atoms with Crippen LogP contribution in [0.5, 0.6) is 0 Å². The Kier molecular flexibility index (Phi) is 8.53. The molecule has 1 aromatic carbocycles. The SMILES string of the molecule is O=C(OC(C(F)(F)F)C(F)(F)S(=O)(=O)OS1(CCc2ccccc2)CCCC1=O)C1CCCCC1. The third-order valence-electron chi connectivity index (χ3n) is 6.16. The maximum atomic E-state index is 15.0. The Balaban J connectivity index is 1.85. The smallest absolute Gasteiger partial charge is 0.432 e. The molecule has 0 aromatic heterocycles. The van der Waals surface area contributed by atoms with Crippen molar-refractivity contribution in [1.29, 1.82) is 0 Å². The maximum Gasteiger partial charge on any atom is 0.432 e. The summed E-state index contributed by atoms with van der Waals surface area (Å²) in [6.45, 7) is 0. The van der Waals surface area contributed by atoms with Crippen molar-refractivity contribution in [2.75, 3.05) is 11.5 Å². The van der Waals surface area contributed by atoms with Gasteiger partial charge in [-0.2, -0.15) is 30.4 Å². The molecular formula is C22H27F5O6S2. The molecule has 35 heavy (non-hydrogen) atoms. The zero-order valence-electron chi connectivity index (χ0n) is 18.8. The minimum Gasteiger partial charge on any atom is -0.444 e. The van der Waals surface area contributed by atoms with Crippen LogP contribution in [0, 0.1) is 5.92 Å². The first-order valence-corrected chi connectivity index (χ1v) is 14.6. The zero-order valence-corrected chi connectivity index (χ0v) is 20.4. The van der Waals surface area contributed by atoms with Crippen LogP contribution in [-0.4, -0.2) is 48.5 Å². The van der Waals surface area contributed by atoms with Crippen LogP contribution in [0.25, 0.3) is 0 Å². The molecule has 0 radical (unpaired) electrons. The molecule has 2 unspecified atom stereocenters. The fraction of sp³-hybridized carbons (Fsp3) is 0.636. The third-order valence-corrected chi connectivity index (χ3v) is 11.6. The fourth-order valence-corrected chi connectivity index (χ4v) is 9.60. The van der Waals surface area contributed by atoms with Crippen LogP contribution in [0.1, 0.15) is 50.5 Å². The number of halogens is 5. The van der Waals surface area contributed by atoms with Gasteiger partial charge in [0.25, 0.3) is 6.10 Å². The summed E-state index contributed by atoms with van der Waals surface area (Å²) in [5.74, 6) is -2.94. The highest BCUT2D eigenvalue weighted by Crippen LogP contribution is 2.59. The van der Waals surface area contributed by atoms with Gasteiger partial charge in [-0.15, -0.1) is 0 Å². The molecule has 3 rings (SSSR count). The lowest BCUT2D eigenvalue weighted by Gasteiger charge is -2.35. The van der Waals surface area contributed by atoms with Gasteiger partial charge < -0.3 is 4.74 Å². The second-order valence-corrected chi connectivity index (χ2v) is 13.6. The monoisotopic (exact) mass is 546 g/mol. The number of aryl methyl sites for hydroxylation is 1. The molecule has 0 bridgehead atoms. The highest BCUT2D eigenvalue weighted by Gasteiger charge is 2.68. The average molecular weight is 547 g/mol. The topological polar surface area (TPSA) is 86.7 Å². The van der Waals surface area contributed by atoms with Crippen LogP contribution in [0.4, 0.5) is 22.0 Å². The van der Waals surface area contributed by atoms with Crippen LogP contribution in [0.3, 0.4) is 0 Å². The summed E-state index contributed by atoms with van der Waals surface area (Å²) in [5, 5.41) is -6.35. The predicted molar refractivity (Wildman–Crippen MR) is 119 cm³/mol. The van der Waals surface area contributed by atoms with Gasteiger partial charge in [-0.05, 0) is 31.2 Å². The average Bonchev–Trinajstić information content (AvgIpc) is 3.15. The zero-order chi connectivity index (χ0) is 25.9. The lowest BCUT2D eigenvalue weighted by Crippen LogP contribution is -2.53. The number of carbonyl (C=O) groups is 2. The lowest BCUT2D eigenvalue weighted by molar-refractivity contribution is -0.260. The fourth-order valence-electron chi connectivity index (χ4n) is 4.22. The van der Waals surface area contributed by atoms with Crippen LogP contribution >= 0.6 is 10.3 Å². The quantitative estimate of drug-likeness (QED) is 0.310. The predicted octanol–water partition coefficient (Wildman–Crippen LogP) is 5.26. The maximum absolute atomic E-state index is 15.0. The highest BCUT2D eigenvalue weighted by molar-refractivity contribution is 8.44. The van der Waals surface area contributed by atoms with E-state index >= 15 is 0 Å². The van der Waals surface area contributed by atoms with Gasteiger partial charge in [0.2, 0.25) is 0 Å². The number of rotatable bonds is 9. The van der Waals surface area contributed by atoms with Crippen molar-refractivity contribution in [3.8, 4) is 0 Å². The Morgan fingerprint density at radius 3 is 2.20 bits per heavy atom. The Hall–Kier alpha value is -1.73. The molecule has 2 fully saturated rings. The molecule has 1 aromatic rings. The number of esters is 1. The number of hydrogen-bond acceptors (Lipinski definition) is 6. The van der Waals surface area contributed by atoms with Crippen molar-refractivity contribution in [2.24, 2.45) is 5.92 Å². The van der Waals surface area contributed by atoms with Gasteiger partial charge in [0, 0.05) is 17.9 Å². The molecule has 13 heteroatoms. The van der Waals surface area contributed by atoms with Crippen molar-refractivity contribution in [3.05, 3.63) is 35.9 Å². The molecule has 1 saturated heterocycles. The number of carbonyl (C=O) groups excluding carboxylic acids is 2. The third kappa shape index (κ3) is 6.34. The molecule has 2 aliphatic rings. The van der Waals surface area contributed by atoms with Gasteiger partial charge in [-0.3, -0.25) is 9.59 Å². The second kappa shape index (κ2) is 10.7. The van der Waals surface area contributed by atoms with Crippen LogP contribution in [-0.2, 0) is 34.5 Å². The van der Waals surface area contributed by atoms with E-state index in [-0.39, 0.29) is 43.6 Å². The first-order chi connectivity index (χ1) is 16.3. The molecule has 2 atom stereocenters. The van der Waals surface area contributed by atoms with Crippen LogP contribution in [0.2, 0.25) is 0 Å². The van der Waals surface area contributed by atoms with Crippen molar-refractivity contribution < 1.29 is 48.3 Å². The van der Waals surface area contributed by atoms with E-state index in [4.69, 9.17) is 3.63 Å². The van der Waals surface area contributed by atoms with Crippen molar-refractivity contribution >= 4 is 31.5 Å². The van der Waals surface area contributed by atoms with Gasteiger partial charge in [0.1, 0.15) is 0 Å². The minimum atomic E-state index is -6.31. The number of hydrogen-bond donors (Lipinski definition) is 0. The molecule has 1 aliphatic carbocycles. The van der Waals surface area contributed by atoms with Crippen LogP contribution in [0.15, 0.2) is 30.3 Å². The van der Waals surface area contributed by atoms with E-state index in [1.165, 1.54) is 0 Å². The molecule has 1 heterocycles. The van der Waals surface area contributed by atoms with Crippen molar-refractivity contribution in [2.45, 2.75) is 68.9 Å². The van der Waals surface area contributed by atoms with Gasteiger partial charge in [-0.1, -0.05) is 59.9 Å². The Labute approximate surface area is 202 Å². The second-order valence-electron chi connectivity index (χ2n) is 8.71. The van der Waals surface area contributed by atoms with E-state index in [0.717, 1.165) is 6.42 Å². The Morgan fingerprint density at radius 1 is 1.03 bits per heavy atom. The molecule has 0 N–H and O–H groups in total. The van der Waals surface area contributed by atoms with Crippen molar-refractivity contribution in [1.82, 2.24) is 0 Å². The summed E-state index contributed by atoms with van der Waals surface area (Å²) in [7, 11) is -9.63. The van der Waals surface area contributed by atoms with E-state index in [1.54, 1.807) is 30.3 Å². The molecule has 1 aliphatic heterocycles. The molecule has 6 nitrogen and oxygen atoms in total. The Bertz CT molecular complexity index is 1010. The summed E-state index contributed by atoms with van der Waals surface area (Å²) in [5.41, 5.74) is 0.682. The van der Waals surface area contributed by atoms with E-state index in [0.29, 0.717) is 18.4 Å². The normalized spacial score (nSPS) is 25.1. The largest absolute Gasteiger partial charge is 0.444 e. The molecule has 0 amide bonds. The summed E-state index contributed by atoms with van der Waals surface area (Å²) in [4.78, 5) is 24.8. The van der Waals surface area contributed by atoms with Gasteiger partial charge in [0.05, 0.1) is 5.92 Å². The molecule has 0 spiro atoms. The summed E-state index contributed by atoms with van der Waals surface area (Å²) in [6.07, 6.45) is -7.87. The van der Waals surface area contributed by atoms with E-state index < -0.39 is 55.0 Å². The number of ether oxygens (including phenoxy) is 1. The van der Waals surface area contributed by atoms with E-state index in [1.807, 2.05) is 0 Å². The summed E-state index contributed by atoms with van der Waals surface area (Å²) >= 11 is 0. The Morgan fingerprint density at radius 2 is 1.66 bits per heavy atom. The molecular weight excluding hydrogens is 519 g/mol. The first-order valence-electron chi connectivity index (χ1n) is 11.2. The van der Waals surface area contributed by atoms with Gasteiger partial charge in [-0.25, -0.2) is 3.63 Å². The molecule has 198 valence electrons. The lowest BCUT2D eigenvalue weighted by atomic mass is 9.89. The first kappa shape index (κ1) is 27.9. The van der Waals surface area contributed by atoms with E-state index in [9.17, 15) is 40.0 Å². The number of alkyl halides is 5. The minimum absolute atomic E-state index is 0.113. The van der Waals surface area contributed by atoms with Gasteiger partial charge >= 0.3 is 27.5 Å². The molecule has 1 saturated carbocycles. The summed E-state index contributed by atoms with van der Waals surface area (Å²) in [6, 6.07) is 8.46. The standard InChI is InChI=1S/C22H27F5O6S2/c23-21(24,25)20(32-19(29)17-10-5-2-6-11-17)22(26,27)35(30,31)33-34(14-7-12-18(34)28)15-13-16-8-3-1-4-9-16/h1,3-4,8-9,17,20H,2,5-7,10-15H2. The van der Waals surface area contributed by atoms with Crippen molar-refractivity contribution in [3.63, 3.8) is 0 Å².